The van der Waals surface area contributed by atoms with E-state index in [2.05, 4.69) is 43.4 Å². The standard InChI is InChI=1S/C17H22N2S/c1-12(2)10-18-11-16-19-17-14-8-4-3-6-13(14)7-5-9-15(17)20-16/h3-4,6,8,12,18H,5,7,9-11H2,1-2H3. The molecule has 0 fully saturated rings. The second-order valence-corrected chi connectivity index (χ2v) is 7.08. The van der Waals surface area contributed by atoms with Crippen molar-refractivity contribution in [1.29, 1.82) is 0 Å². The molecule has 0 spiro atoms. The summed E-state index contributed by atoms with van der Waals surface area (Å²) >= 11 is 1.89. The van der Waals surface area contributed by atoms with E-state index in [0.717, 1.165) is 13.1 Å². The van der Waals surface area contributed by atoms with Crippen LogP contribution in [0.3, 0.4) is 0 Å². The number of hydrogen-bond acceptors (Lipinski definition) is 3. The zero-order chi connectivity index (χ0) is 13.9. The average molecular weight is 286 g/mol. The van der Waals surface area contributed by atoms with Gasteiger partial charge in [0.25, 0.3) is 0 Å². The van der Waals surface area contributed by atoms with Gasteiger partial charge >= 0.3 is 0 Å². The Balaban J connectivity index is 1.84. The van der Waals surface area contributed by atoms with Crippen LogP contribution in [0.2, 0.25) is 0 Å². The molecular formula is C17H22N2S. The van der Waals surface area contributed by atoms with Gasteiger partial charge in [-0.25, -0.2) is 4.98 Å². The molecule has 1 aromatic heterocycles. The lowest BCUT2D eigenvalue weighted by Crippen LogP contribution is -2.18. The van der Waals surface area contributed by atoms with Gasteiger partial charge < -0.3 is 5.32 Å². The third-order valence-corrected chi connectivity index (χ3v) is 4.81. The van der Waals surface area contributed by atoms with Crippen molar-refractivity contribution < 1.29 is 0 Å². The molecule has 0 atom stereocenters. The first kappa shape index (κ1) is 13.8. The van der Waals surface area contributed by atoms with Gasteiger partial charge in [0, 0.05) is 17.0 Å². The fourth-order valence-corrected chi connectivity index (χ4v) is 3.83. The Hall–Kier alpha value is -1.19. The predicted octanol–water partition coefficient (Wildman–Crippen LogP) is 4.04. The lowest BCUT2D eigenvalue weighted by atomic mass is 10.0. The molecule has 0 radical (unpaired) electrons. The number of nitrogens with one attached hydrogen (secondary N) is 1. The third kappa shape index (κ3) is 2.94. The summed E-state index contributed by atoms with van der Waals surface area (Å²) in [4.78, 5) is 6.37. The molecule has 0 aliphatic heterocycles. The van der Waals surface area contributed by atoms with E-state index in [1.54, 1.807) is 0 Å². The first-order valence-electron chi connectivity index (χ1n) is 7.51. The monoisotopic (exact) mass is 286 g/mol. The molecule has 1 aliphatic carbocycles. The van der Waals surface area contributed by atoms with E-state index in [9.17, 15) is 0 Å². The van der Waals surface area contributed by atoms with E-state index in [0.29, 0.717) is 5.92 Å². The second kappa shape index (κ2) is 6.06. The Morgan fingerprint density at radius 3 is 2.95 bits per heavy atom. The molecule has 0 unspecified atom stereocenters. The number of rotatable bonds is 4. The molecule has 2 aromatic rings. The van der Waals surface area contributed by atoms with Gasteiger partial charge in [-0.2, -0.15) is 0 Å². The summed E-state index contributed by atoms with van der Waals surface area (Å²) in [5.74, 6) is 0.688. The minimum atomic E-state index is 0.688. The molecule has 1 aliphatic rings. The molecule has 106 valence electrons. The van der Waals surface area contributed by atoms with Crippen molar-refractivity contribution in [3.05, 3.63) is 39.7 Å². The molecule has 3 heteroatoms. The molecule has 0 amide bonds. The minimum absolute atomic E-state index is 0.688. The zero-order valence-corrected chi connectivity index (χ0v) is 13.1. The third-order valence-electron chi connectivity index (χ3n) is 3.69. The molecule has 1 N–H and O–H groups in total. The largest absolute Gasteiger partial charge is 0.310 e. The van der Waals surface area contributed by atoms with Crippen LogP contribution in [0, 0.1) is 5.92 Å². The fourth-order valence-electron chi connectivity index (χ4n) is 2.73. The maximum atomic E-state index is 4.90. The lowest BCUT2D eigenvalue weighted by molar-refractivity contribution is 0.551. The number of hydrogen-bond donors (Lipinski definition) is 1. The summed E-state index contributed by atoms with van der Waals surface area (Å²) in [6.07, 6.45) is 3.59. The van der Waals surface area contributed by atoms with Crippen LogP contribution in [0.15, 0.2) is 24.3 Å². The van der Waals surface area contributed by atoms with E-state index in [-0.39, 0.29) is 0 Å². The fraction of sp³-hybridized carbons (Fsp3) is 0.471. The SMILES string of the molecule is CC(C)CNCc1nc2c(s1)CCCc1ccccc1-2. The molecule has 0 bridgehead atoms. The van der Waals surface area contributed by atoms with Crippen molar-refractivity contribution in [1.82, 2.24) is 10.3 Å². The van der Waals surface area contributed by atoms with E-state index in [1.165, 1.54) is 46.0 Å². The normalized spacial score (nSPS) is 13.9. The van der Waals surface area contributed by atoms with Gasteiger partial charge in [-0.3, -0.25) is 0 Å². The Morgan fingerprint density at radius 1 is 1.25 bits per heavy atom. The summed E-state index contributed by atoms with van der Waals surface area (Å²) in [6, 6.07) is 8.75. The molecule has 1 aromatic carbocycles. The smallest absolute Gasteiger partial charge is 0.107 e. The van der Waals surface area contributed by atoms with Crippen LogP contribution in [0.1, 0.15) is 35.7 Å². The van der Waals surface area contributed by atoms with Crippen molar-refractivity contribution in [2.45, 2.75) is 39.7 Å². The van der Waals surface area contributed by atoms with Crippen LogP contribution in [0.5, 0.6) is 0 Å². The van der Waals surface area contributed by atoms with Gasteiger partial charge in [-0.05, 0) is 37.3 Å². The molecular weight excluding hydrogens is 264 g/mol. The highest BCUT2D eigenvalue weighted by Gasteiger charge is 2.18. The number of aryl methyl sites for hydroxylation is 2. The summed E-state index contributed by atoms with van der Waals surface area (Å²) in [6.45, 7) is 6.43. The van der Waals surface area contributed by atoms with Gasteiger partial charge in [0.1, 0.15) is 5.01 Å². The summed E-state index contributed by atoms with van der Waals surface area (Å²) in [5.41, 5.74) is 4.05. The maximum absolute atomic E-state index is 4.90. The number of benzene rings is 1. The molecule has 3 rings (SSSR count). The van der Waals surface area contributed by atoms with Crippen LogP contribution in [0.25, 0.3) is 11.3 Å². The predicted molar refractivity (Wildman–Crippen MR) is 86.1 cm³/mol. The number of nitrogens with zero attached hydrogens (tertiary/aromatic N) is 1. The van der Waals surface area contributed by atoms with Crippen LogP contribution >= 0.6 is 11.3 Å². The molecule has 0 saturated heterocycles. The van der Waals surface area contributed by atoms with Gasteiger partial charge in [0.15, 0.2) is 0 Å². The van der Waals surface area contributed by atoms with Crippen LogP contribution in [-0.4, -0.2) is 11.5 Å². The average Bonchev–Trinajstić information content (AvgIpc) is 2.74. The molecule has 2 nitrogen and oxygen atoms in total. The van der Waals surface area contributed by atoms with Crippen molar-refractivity contribution >= 4 is 11.3 Å². The Kier molecular flexibility index (Phi) is 4.18. The number of fused-ring (bicyclic) bond motifs is 3. The molecule has 0 saturated carbocycles. The number of aromatic nitrogens is 1. The highest BCUT2D eigenvalue weighted by Crippen LogP contribution is 2.35. The topological polar surface area (TPSA) is 24.9 Å². The van der Waals surface area contributed by atoms with Crippen molar-refractivity contribution in [3.8, 4) is 11.3 Å². The molecule has 20 heavy (non-hydrogen) atoms. The number of thiazole rings is 1. The molecule has 1 heterocycles. The Morgan fingerprint density at radius 2 is 2.10 bits per heavy atom. The lowest BCUT2D eigenvalue weighted by Gasteiger charge is -2.05. The highest BCUT2D eigenvalue weighted by molar-refractivity contribution is 7.12. The Labute approximate surface area is 125 Å². The van der Waals surface area contributed by atoms with Crippen molar-refractivity contribution in [2.24, 2.45) is 5.92 Å². The van der Waals surface area contributed by atoms with Crippen molar-refractivity contribution in [2.75, 3.05) is 6.54 Å². The zero-order valence-electron chi connectivity index (χ0n) is 12.3. The maximum Gasteiger partial charge on any atom is 0.107 e. The highest BCUT2D eigenvalue weighted by atomic mass is 32.1. The van der Waals surface area contributed by atoms with E-state index in [1.807, 2.05) is 11.3 Å². The van der Waals surface area contributed by atoms with Crippen LogP contribution in [0.4, 0.5) is 0 Å². The summed E-state index contributed by atoms with van der Waals surface area (Å²) in [7, 11) is 0. The Bertz CT molecular complexity index is 586. The first-order chi connectivity index (χ1) is 9.74. The van der Waals surface area contributed by atoms with Gasteiger partial charge in [0.2, 0.25) is 0 Å². The van der Waals surface area contributed by atoms with E-state index in [4.69, 9.17) is 4.98 Å². The quantitative estimate of drug-likeness (QED) is 0.917. The minimum Gasteiger partial charge on any atom is -0.310 e. The van der Waals surface area contributed by atoms with Crippen LogP contribution < -0.4 is 5.32 Å². The van der Waals surface area contributed by atoms with Crippen molar-refractivity contribution in [3.63, 3.8) is 0 Å². The summed E-state index contributed by atoms with van der Waals surface area (Å²) in [5, 5.41) is 4.73. The second-order valence-electron chi connectivity index (χ2n) is 5.91. The van der Waals surface area contributed by atoms with Crippen LogP contribution in [-0.2, 0) is 19.4 Å². The first-order valence-corrected chi connectivity index (χ1v) is 8.33. The summed E-state index contributed by atoms with van der Waals surface area (Å²) < 4.78 is 0. The van der Waals surface area contributed by atoms with Gasteiger partial charge in [-0.1, -0.05) is 38.1 Å². The van der Waals surface area contributed by atoms with E-state index >= 15 is 0 Å². The van der Waals surface area contributed by atoms with Gasteiger partial charge in [-0.15, -0.1) is 11.3 Å². The van der Waals surface area contributed by atoms with Gasteiger partial charge in [0.05, 0.1) is 5.69 Å². The van der Waals surface area contributed by atoms with E-state index < -0.39 is 0 Å².